The smallest absolute Gasteiger partial charge is 0.191 e. The molecule has 0 spiro atoms. The molecule has 0 atom stereocenters. The van der Waals surface area contributed by atoms with E-state index in [2.05, 4.69) is 21.9 Å². The molecule has 0 saturated carbocycles. The number of aliphatic imine (C=N–C) groups is 1. The van der Waals surface area contributed by atoms with E-state index in [4.69, 9.17) is 0 Å². The number of guanidine groups is 1. The Labute approximate surface area is 142 Å². The van der Waals surface area contributed by atoms with Gasteiger partial charge in [-0.15, -0.1) is 24.0 Å². The van der Waals surface area contributed by atoms with Gasteiger partial charge in [0.2, 0.25) is 0 Å². The first-order valence-electron chi connectivity index (χ1n) is 6.52. The van der Waals surface area contributed by atoms with Crippen LogP contribution in [0.4, 0.5) is 4.39 Å². The molecule has 0 bridgehead atoms. The summed E-state index contributed by atoms with van der Waals surface area (Å²) in [6.07, 6.45) is 2.72. The second-order valence-electron chi connectivity index (χ2n) is 4.02. The number of nitrogens with one attached hydrogen (secondary N) is 2. The van der Waals surface area contributed by atoms with Crippen molar-refractivity contribution >= 4 is 41.7 Å². The molecule has 0 saturated heterocycles. The Morgan fingerprint density at radius 3 is 2.70 bits per heavy atom. The van der Waals surface area contributed by atoms with Gasteiger partial charge < -0.3 is 10.6 Å². The van der Waals surface area contributed by atoms with E-state index in [1.165, 1.54) is 6.07 Å². The zero-order valence-electron chi connectivity index (χ0n) is 12.0. The number of nitrogens with zero attached hydrogens (tertiary/aromatic N) is 1. The van der Waals surface area contributed by atoms with Crippen LogP contribution in [0.3, 0.4) is 0 Å². The topological polar surface area (TPSA) is 36.4 Å². The molecule has 1 aromatic carbocycles. The van der Waals surface area contributed by atoms with Gasteiger partial charge in [-0.2, -0.15) is 11.8 Å². The summed E-state index contributed by atoms with van der Waals surface area (Å²) in [4.78, 5) is 4.44. The average Bonchev–Trinajstić information content (AvgIpc) is 2.41. The van der Waals surface area contributed by atoms with E-state index < -0.39 is 0 Å². The number of rotatable bonds is 7. The highest BCUT2D eigenvalue weighted by atomic mass is 127. The fourth-order valence-corrected chi connectivity index (χ4v) is 1.88. The highest BCUT2D eigenvalue weighted by Crippen LogP contribution is 2.05. The summed E-state index contributed by atoms with van der Waals surface area (Å²) in [5.41, 5.74) is 0.731. The largest absolute Gasteiger partial charge is 0.357 e. The lowest BCUT2D eigenvalue weighted by Crippen LogP contribution is -2.38. The Hall–Kier alpha value is -0.500. The summed E-state index contributed by atoms with van der Waals surface area (Å²) in [5, 5.41) is 6.40. The minimum absolute atomic E-state index is 0. The molecule has 0 radical (unpaired) electrons. The molecule has 2 N–H and O–H groups in total. The van der Waals surface area contributed by atoms with Gasteiger partial charge in [0.1, 0.15) is 5.82 Å². The number of hydrogen-bond donors (Lipinski definition) is 2. The van der Waals surface area contributed by atoms with Crippen LogP contribution in [-0.4, -0.2) is 37.6 Å². The molecule has 0 aliphatic rings. The molecule has 20 heavy (non-hydrogen) atoms. The molecule has 114 valence electrons. The maximum Gasteiger partial charge on any atom is 0.191 e. The average molecular weight is 411 g/mol. The van der Waals surface area contributed by atoms with Gasteiger partial charge in [-0.05, 0) is 31.2 Å². The van der Waals surface area contributed by atoms with Crippen molar-refractivity contribution in [3.63, 3.8) is 0 Å². The van der Waals surface area contributed by atoms with Gasteiger partial charge in [0.25, 0.3) is 0 Å². The van der Waals surface area contributed by atoms with Crippen molar-refractivity contribution in [3.05, 3.63) is 35.6 Å². The predicted octanol–water partition coefficient (Wildman–Crippen LogP) is 2.90. The van der Waals surface area contributed by atoms with Gasteiger partial charge in [0.05, 0.1) is 6.54 Å². The lowest BCUT2D eigenvalue weighted by atomic mass is 10.1. The molecule has 6 heteroatoms. The maximum absolute atomic E-state index is 13.4. The van der Waals surface area contributed by atoms with Crippen LogP contribution in [0.1, 0.15) is 12.5 Å². The number of hydrogen-bond acceptors (Lipinski definition) is 2. The fraction of sp³-hybridized carbons (Fsp3) is 0.500. The molecule has 0 amide bonds. The lowest BCUT2D eigenvalue weighted by Gasteiger charge is -2.11. The molecular weight excluding hydrogens is 388 g/mol. The van der Waals surface area contributed by atoms with E-state index in [0.29, 0.717) is 13.0 Å². The Bertz CT molecular complexity index is 402. The first kappa shape index (κ1) is 19.5. The Morgan fingerprint density at radius 2 is 2.05 bits per heavy atom. The molecule has 0 fully saturated rings. The number of halogens is 2. The molecule has 1 aromatic rings. The minimum atomic E-state index is -0.145. The standard InChI is InChI=1S/C14H22FN3S.HI/c1-3-16-14(18-10-11-19-2)17-9-8-12-6-4-5-7-13(12)15;/h4-7H,3,8-11H2,1-2H3,(H2,16,17,18);1H. The van der Waals surface area contributed by atoms with Crippen molar-refractivity contribution in [1.82, 2.24) is 10.6 Å². The minimum Gasteiger partial charge on any atom is -0.357 e. The summed E-state index contributed by atoms with van der Waals surface area (Å²) >= 11 is 1.77. The van der Waals surface area contributed by atoms with E-state index in [-0.39, 0.29) is 29.8 Å². The zero-order valence-corrected chi connectivity index (χ0v) is 15.1. The lowest BCUT2D eigenvalue weighted by molar-refractivity contribution is 0.607. The third kappa shape index (κ3) is 7.94. The normalized spacial score (nSPS) is 10.8. The van der Waals surface area contributed by atoms with Crippen LogP contribution >= 0.6 is 35.7 Å². The molecular formula is C14H23FIN3S. The van der Waals surface area contributed by atoms with Crippen LogP contribution in [0.2, 0.25) is 0 Å². The summed E-state index contributed by atoms with van der Waals surface area (Å²) in [5.74, 6) is 1.66. The van der Waals surface area contributed by atoms with E-state index in [1.807, 2.05) is 19.1 Å². The molecule has 3 nitrogen and oxygen atoms in total. The Kier molecular flexibility index (Phi) is 12.0. The van der Waals surface area contributed by atoms with E-state index in [1.54, 1.807) is 17.8 Å². The third-order valence-corrected chi connectivity index (χ3v) is 3.14. The van der Waals surface area contributed by atoms with Gasteiger partial charge >= 0.3 is 0 Å². The monoisotopic (exact) mass is 411 g/mol. The summed E-state index contributed by atoms with van der Waals surface area (Å²) in [6.45, 7) is 4.32. The fourth-order valence-electron chi connectivity index (χ4n) is 1.61. The number of benzene rings is 1. The Balaban J connectivity index is 0.00000361. The van der Waals surface area contributed by atoms with E-state index in [9.17, 15) is 4.39 Å². The first-order chi connectivity index (χ1) is 9.27. The van der Waals surface area contributed by atoms with E-state index >= 15 is 0 Å². The van der Waals surface area contributed by atoms with Gasteiger partial charge in [-0.1, -0.05) is 18.2 Å². The summed E-state index contributed by atoms with van der Waals surface area (Å²) in [6, 6.07) is 6.87. The van der Waals surface area contributed by atoms with Gasteiger partial charge in [0.15, 0.2) is 5.96 Å². The van der Waals surface area contributed by atoms with Gasteiger partial charge in [-0.25, -0.2) is 4.39 Å². The van der Waals surface area contributed by atoms with Crippen LogP contribution < -0.4 is 10.6 Å². The van der Waals surface area contributed by atoms with Gasteiger partial charge in [0, 0.05) is 18.8 Å². The van der Waals surface area contributed by atoms with Gasteiger partial charge in [-0.3, -0.25) is 4.99 Å². The molecule has 0 aliphatic carbocycles. The van der Waals surface area contributed by atoms with Crippen molar-refractivity contribution in [1.29, 1.82) is 0 Å². The zero-order chi connectivity index (χ0) is 13.9. The number of thioether (sulfide) groups is 1. The van der Waals surface area contributed by atoms with Crippen molar-refractivity contribution in [2.24, 2.45) is 4.99 Å². The highest BCUT2D eigenvalue weighted by molar-refractivity contribution is 14.0. The van der Waals surface area contributed by atoms with Crippen LogP contribution in [-0.2, 0) is 6.42 Å². The van der Waals surface area contributed by atoms with Crippen molar-refractivity contribution in [2.75, 3.05) is 31.6 Å². The molecule has 1 rings (SSSR count). The van der Waals surface area contributed by atoms with Crippen LogP contribution in [0.15, 0.2) is 29.3 Å². The van der Waals surface area contributed by atoms with Crippen molar-refractivity contribution in [3.8, 4) is 0 Å². The molecule has 0 heterocycles. The van der Waals surface area contributed by atoms with E-state index in [0.717, 1.165) is 30.4 Å². The quantitative estimate of drug-likeness (QED) is 0.314. The summed E-state index contributed by atoms with van der Waals surface area (Å²) < 4.78 is 13.4. The first-order valence-corrected chi connectivity index (χ1v) is 7.91. The third-order valence-electron chi connectivity index (χ3n) is 2.55. The SMILES string of the molecule is CCNC(=NCCSC)NCCc1ccccc1F.I. The van der Waals surface area contributed by atoms with Crippen LogP contribution in [0, 0.1) is 5.82 Å². The highest BCUT2D eigenvalue weighted by Gasteiger charge is 2.01. The van der Waals surface area contributed by atoms with Crippen molar-refractivity contribution in [2.45, 2.75) is 13.3 Å². The second kappa shape index (κ2) is 12.3. The predicted molar refractivity (Wildman–Crippen MR) is 97.9 cm³/mol. The van der Waals surface area contributed by atoms with Crippen LogP contribution in [0.25, 0.3) is 0 Å². The molecule has 0 aliphatic heterocycles. The molecule has 0 unspecified atom stereocenters. The Morgan fingerprint density at radius 1 is 1.30 bits per heavy atom. The summed E-state index contributed by atoms with van der Waals surface area (Å²) in [7, 11) is 0. The maximum atomic E-state index is 13.4. The van der Waals surface area contributed by atoms with Crippen LogP contribution in [0.5, 0.6) is 0 Å². The van der Waals surface area contributed by atoms with Crippen molar-refractivity contribution < 1.29 is 4.39 Å². The molecule has 0 aromatic heterocycles. The second-order valence-corrected chi connectivity index (χ2v) is 5.01.